The Hall–Kier alpha value is -2.25. The number of benzene rings is 1. The van der Waals surface area contributed by atoms with Gasteiger partial charge in [-0.25, -0.2) is 9.18 Å². The van der Waals surface area contributed by atoms with Crippen LogP contribution in [0.15, 0.2) is 36.4 Å². The van der Waals surface area contributed by atoms with E-state index in [0.717, 1.165) is 30.4 Å². The summed E-state index contributed by atoms with van der Waals surface area (Å²) in [5.41, 5.74) is 1.30. The number of nitrogens with zero attached hydrogens (tertiary/aromatic N) is 1. The van der Waals surface area contributed by atoms with Crippen LogP contribution in [0.5, 0.6) is 0 Å². The van der Waals surface area contributed by atoms with Gasteiger partial charge in [0.1, 0.15) is 12.8 Å². The highest BCUT2D eigenvalue weighted by Crippen LogP contribution is 2.29. The maximum absolute atomic E-state index is 14.3. The zero-order valence-electron chi connectivity index (χ0n) is 16.5. The fourth-order valence-electron chi connectivity index (χ4n) is 3.31. The first-order valence-electron chi connectivity index (χ1n) is 9.94. The molecule has 1 amide bonds. The minimum Gasteiger partial charge on any atom is -0.447 e. The molecule has 2 atom stereocenters. The predicted octanol–water partition coefficient (Wildman–Crippen LogP) is 5.69. The molecular formula is C22H26FNO4S. The average Bonchev–Trinajstić information content (AvgIpc) is 3.35. The second-order valence-electron chi connectivity index (χ2n) is 7.09. The fourth-order valence-corrected chi connectivity index (χ4v) is 4.08. The van der Waals surface area contributed by atoms with E-state index in [1.165, 1.54) is 11.3 Å². The first-order valence-corrected chi connectivity index (χ1v) is 10.8. The Morgan fingerprint density at radius 2 is 2.07 bits per heavy atom. The molecule has 2 heterocycles. The number of anilines is 1. The summed E-state index contributed by atoms with van der Waals surface area (Å²) in [6.45, 7) is 3.02. The first-order chi connectivity index (χ1) is 14.1. The molecule has 3 rings (SSSR count). The second-order valence-corrected chi connectivity index (χ2v) is 8.29. The number of carbonyl (C=O) groups is 2. The average molecular weight is 420 g/mol. The van der Waals surface area contributed by atoms with Crippen LogP contribution < -0.4 is 4.90 Å². The highest BCUT2D eigenvalue weighted by atomic mass is 32.1. The number of amides is 1. The fraction of sp³-hybridized carbons (Fsp3) is 0.455. The second kappa shape index (κ2) is 10.5. The van der Waals surface area contributed by atoms with Crippen LogP contribution in [0.4, 0.5) is 14.9 Å². The van der Waals surface area contributed by atoms with Gasteiger partial charge in [-0.05, 0) is 36.2 Å². The van der Waals surface area contributed by atoms with E-state index in [4.69, 9.17) is 9.47 Å². The van der Waals surface area contributed by atoms with Gasteiger partial charge < -0.3 is 9.47 Å². The molecule has 0 bridgehead atoms. The van der Waals surface area contributed by atoms with E-state index in [1.807, 2.05) is 6.07 Å². The van der Waals surface area contributed by atoms with Crippen LogP contribution in [-0.4, -0.2) is 31.6 Å². The number of ether oxygens (including phenoxy) is 2. The van der Waals surface area contributed by atoms with Gasteiger partial charge in [0.15, 0.2) is 6.29 Å². The predicted molar refractivity (Wildman–Crippen MR) is 111 cm³/mol. The van der Waals surface area contributed by atoms with E-state index in [-0.39, 0.29) is 12.6 Å². The Morgan fingerprint density at radius 1 is 1.28 bits per heavy atom. The molecule has 1 aromatic carbocycles. The largest absolute Gasteiger partial charge is 0.447 e. The molecule has 1 fully saturated rings. The summed E-state index contributed by atoms with van der Waals surface area (Å²) in [7, 11) is 0. The number of hydrogen-bond donors (Lipinski definition) is 0. The monoisotopic (exact) mass is 419 g/mol. The zero-order valence-corrected chi connectivity index (χ0v) is 17.3. The minimum absolute atomic E-state index is 0.243. The highest BCUT2D eigenvalue weighted by molar-refractivity contribution is 7.13. The first kappa shape index (κ1) is 21.5. The molecule has 1 aromatic heterocycles. The quantitative estimate of drug-likeness (QED) is 0.347. The lowest BCUT2D eigenvalue weighted by molar-refractivity contribution is 0.103. The Labute approximate surface area is 174 Å². The number of alkyl halides is 1. The van der Waals surface area contributed by atoms with Crippen molar-refractivity contribution in [2.24, 2.45) is 0 Å². The summed E-state index contributed by atoms with van der Waals surface area (Å²) >= 11 is 1.38. The number of hydrogen-bond acceptors (Lipinski definition) is 5. The number of aldehydes is 1. The molecule has 0 saturated carbocycles. The van der Waals surface area contributed by atoms with Crippen LogP contribution in [0.3, 0.4) is 0 Å². The molecule has 1 aliphatic heterocycles. The smallest absolute Gasteiger partial charge is 0.414 e. The Morgan fingerprint density at radius 3 is 2.76 bits per heavy atom. The van der Waals surface area contributed by atoms with Gasteiger partial charge in [-0.1, -0.05) is 38.3 Å². The third-order valence-corrected chi connectivity index (χ3v) is 5.89. The van der Waals surface area contributed by atoms with E-state index in [1.54, 1.807) is 35.2 Å². The van der Waals surface area contributed by atoms with Crippen LogP contribution in [-0.2, 0) is 16.1 Å². The van der Waals surface area contributed by atoms with Crippen molar-refractivity contribution in [3.63, 3.8) is 0 Å². The summed E-state index contributed by atoms with van der Waals surface area (Å²) in [6, 6.07) is 10.4. The van der Waals surface area contributed by atoms with Gasteiger partial charge in [-0.15, -0.1) is 11.3 Å². The lowest BCUT2D eigenvalue weighted by Gasteiger charge is -2.22. The Kier molecular flexibility index (Phi) is 7.77. The van der Waals surface area contributed by atoms with Gasteiger partial charge in [-0.3, -0.25) is 9.69 Å². The molecule has 0 spiro atoms. The van der Waals surface area contributed by atoms with Crippen LogP contribution >= 0.6 is 11.3 Å². The zero-order chi connectivity index (χ0) is 20.6. The van der Waals surface area contributed by atoms with E-state index in [0.29, 0.717) is 35.8 Å². The number of thiophene rings is 1. The van der Waals surface area contributed by atoms with Gasteiger partial charge >= 0.3 is 6.09 Å². The summed E-state index contributed by atoms with van der Waals surface area (Å²) in [5, 5.41) is 0. The molecule has 5 nitrogen and oxygen atoms in total. The van der Waals surface area contributed by atoms with Gasteiger partial charge in [-0.2, -0.15) is 0 Å². The molecule has 0 radical (unpaired) electrons. The SMILES string of the molecule is CCCCCC(F)c1ccc(N2C(=O)OC[C@@H]2COCc2ccc(C=O)s2)cc1. The maximum atomic E-state index is 14.3. The van der Waals surface area contributed by atoms with Crippen molar-refractivity contribution in [1.29, 1.82) is 0 Å². The number of cyclic esters (lactones) is 1. The summed E-state index contributed by atoms with van der Waals surface area (Å²) in [5.74, 6) is 0. The summed E-state index contributed by atoms with van der Waals surface area (Å²) in [4.78, 5) is 26.1. The molecule has 2 aromatic rings. The lowest BCUT2D eigenvalue weighted by Crippen LogP contribution is -2.36. The van der Waals surface area contributed by atoms with Gasteiger partial charge in [0.05, 0.1) is 24.1 Å². The van der Waals surface area contributed by atoms with Crippen molar-refractivity contribution in [2.45, 2.75) is 51.4 Å². The van der Waals surface area contributed by atoms with Crippen molar-refractivity contribution >= 4 is 29.4 Å². The Bertz CT molecular complexity index is 807. The summed E-state index contributed by atoms with van der Waals surface area (Å²) < 4.78 is 25.3. The molecule has 29 heavy (non-hydrogen) atoms. The van der Waals surface area contributed by atoms with Crippen LogP contribution in [0.25, 0.3) is 0 Å². The molecule has 1 saturated heterocycles. The van der Waals surface area contributed by atoms with Gasteiger partial charge in [0.25, 0.3) is 0 Å². The van der Waals surface area contributed by atoms with Crippen molar-refractivity contribution in [3.05, 3.63) is 51.7 Å². The number of halogens is 1. The number of rotatable bonds is 11. The van der Waals surface area contributed by atoms with Crippen LogP contribution in [0, 0.1) is 0 Å². The van der Waals surface area contributed by atoms with E-state index in [9.17, 15) is 14.0 Å². The molecule has 0 aliphatic carbocycles. The normalized spacial score (nSPS) is 17.4. The molecule has 0 N–H and O–H groups in total. The number of carbonyl (C=O) groups excluding carboxylic acids is 2. The summed E-state index contributed by atoms with van der Waals surface area (Å²) in [6.07, 6.45) is 2.89. The molecule has 1 unspecified atom stereocenters. The molecule has 156 valence electrons. The molecule has 7 heteroatoms. The maximum Gasteiger partial charge on any atom is 0.414 e. The van der Waals surface area contributed by atoms with Crippen molar-refractivity contribution in [1.82, 2.24) is 0 Å². The highest BCUT2D eigenvalue weighted by Gasteiger charge is 2.34. The van der Waals surface area contributed by atoms with Crippen molar-refractivity contribution in [3.8, 4) is 0 Å². The third kappa shape index (κ3) is 5.64. The van der Waals surface area contributed by atoms with E-state index < -0.39 is 12.3 Å². The van der Waals surface area contributed by atoms with E-state index in [2.05, 4.69) is 6.92 Å². The third-order valence-electron chi connectivity index (χ3n) is 4.91. The molecular weight excluding hydrogens is 393 g/mol. The van der Waals surface area contributed by atoms with Gasteiger partial charge in [0, 0.05) is 10.6 Å². The Balaban J connectivity index is 1.57. The van der Waals surface area contributed by atoms with E-state index >= 15 is 0 Å². The standard InChI is InChI=1S/C22H26FNO4S/c1-2-3-4-5-21(23)16-6-8-17(9-7-16)24-18(14-28-22(24)26)13-27-15-20-11-10-19(12-25)29-20/h6-12,18,21H,2-5,13-15H2,1H3/t18-,21?/m0/s1. The van der Waals surface area contributed by atoms with Crippen LogP contribution in [0.2, 0.25) is 0 Å². The van der Waals surface area contributed by atoms with Crippen LogP contribution in [0.1, 0.15) is 58.9 Å². The van der Waals surface area contributed by atoms with Crippen molar-refractivity contribution in [2.75, 3.05) is 18.1 Å². The van der Waals surface area contributed by atoms with Gasteiger partial charge in [0.2, 0.25) is 0 Å². The van der Waals surface area contributed by atoms with Crippen molar-refractivity contribution < 1.29 is 23.5 Å². The minimum atomic E-state index is -0.984. The lowest BCUT2D eigenvalue weighted by atomic mass is 10.0. The topological polar surface area (TPSA) is 55.8 Å². The molecule has 1 aliphatic rings. The number of unbranched alkanes of at least 4 members (excludes halogenated alkanes) is 2.